The molecular formula is C20H18ClNO3. The number of para-hydroxylation sites is 1. The number of benzene rings is 2. The van der Waals surface area contributed by atoms with E-state index in [2.05, 4.69) is 4.74 Å². The number of esters is 1. The van der Waals surface area contributed by atoms with Crippen LogP contribution in [0.4, 0.5) is 0 Å². The van der Waals surface area contributed by atoms with Gasteiger partial charge in [0.1, 0.15) is 24.0 Å². The van der Waals surface area contributed by atoms with Crippen molar-refractivity contribution in [1.82, 2.24) is 0 Å². The van der Waals surface area contributed by atoms with Gasteiger partial charge in [0, 0.05) is 0 Å². The fraction of sp³-hybridized carbons (Fsp3) is 0.200. The first-order chi connectivity index (χ1) is 12.0. The summed E-state index contributed by atoms with van der Waals surface area (Å²) in [5.41, 5.74) is 3.67. The summed E-state index contributed by atoms with van der Waals surface area (Å²) in [4.78, 5) is 11.6. The predicted molar refractivity (Wildman–Crippen MR) is 97.3 cm³/mol. The van der Waals surface area contributed by atoms with E-state index >= 15 is 0 Å². The van der Waals surface area contributed by atoms with Crippen LogP contribution in [0.15, 0.2) is 42.0 Å². The van der Waals surface area contributed by atoms with Gasteiger partial charge in [-0.2, -0.15) is 5.26 Å². The van der Waals surface area contributed by atoms with Gasteiger partial charge in [-0.05, 0) is 60.4 Å². The van der Waals surface area contributed by atoms with E-state index in [-0.39, 0.29) is 5.57 Å². The molecule has 0 aromatic heterocycles. The fourth-order valence-corrected chi connectivity index (χ4v) is 2.54. The molecule has 0 aliphatic carbocycles. The Bertz CT molecular complexity index is 866. The zero-order valence-corrected chi connectivity index (χ0v) is 15.1. The molecule has 0 unspecified atom stereocenters. The van der Waals surface area contributed by atoms with Gasteiger partial charge in [-0.25, -0.2) is 4.79 Å². The summed E-state index contributed by atoms with van der Waals surface area (Å²) in [5.74, 6) is -0.0511. The van der Waals surface area contributed by atoms with Gasteiger partial charge in [0.05, 0.1) is 12.1 Å². The summed E-state index contributed by atoms with van der Waals surface area (Å²) in [6.07, 6.45) is 1.53. The van der Waals surface area contributed by atoms with E-state index in [0.717, 1.165) is 22.3 Å². The fourth-order valence-electron chi connectivity index (χ4n) is 2.35. The molecule has 2 aromatic carbocycles. The Morgan fingerprint density at radius 1 is 1.24 bits per heavy atom. The van der Waals surface area contributed by atoms with E-state index in [4.69, 9.17) is 21.6 Å². The number of carbonyl (C=O) groups excluding carboxylic acids is 1. The second kappa shape index (κ2) is 8.36. The van der Waals surface area contributed by atoms with E-state index in [1.807, 2.05) is 44.2 Å². The van der Waals surface area contributed by atoms with Crippen LogP contribution in [0.5, 0.6) is 5.75 Å². The minimum atomic E-state index is -0.656. The molecule has 0 atom stereocenters. The Morgan fingerprint density at radius 3 is 2.60 bits per heavy atom. The van der Waals surface area contributed by atoms with Crippen molar-refractivity contribution >= 4 is 23.6 Å². The lowest BCUT2D eigenvalue weighted by atomic mass is 9.98. The molecule has 0 aliphatic rings. The summed E-state index contributed by atoms with van der Waals surface area (Å²) < 4.78 is 10.4. The molecule has 0 aliphatic heterocycles. The summed E-state index contributed by atoms with van der Waals surface area (Å²) in [5, 5.41) is 9.67. The van der Waals surface area contributed by atoms with Gasteiger partial charge in [-0.15, -0.1) is 0 Å². The first-order valence-corrected chi connectivity index (χ1v) is 8.01. The van der Waals surface area contributed by atoms with Gasteiger partial charge in [-0.1, -0.05) is 29.8 Å². The number of hydrogen-bond donors (Lipinski definition) is 0. The molecule has 4 nitrogen and oxygen atoms in total. The van der Waals surface area contributed by atoms with Crippen LogP contribution in [0.2, 0.25) is 5.02 Å². The Kier molecular flexibility index (Phi) is 6.21. The van der Waals surface area contributed by atoms with E-state index in [1.54, 1.807) is 12.1 Å². The summed E-state index contributed by atoms with van der Waals surface area (Å²) >= 11 is 6.10. The van der Waals surface area contributed by atoms with Crippen LogP contribution in [-0.2, 0) is 16.1 Å². The molecule has 0 radical (unpaired) electrons. The molecule has 0 fully saturated rings. The molecule has 0 saturated heterocycles. The van der Waals surface area contributed by atoms with Crippen molar-refractivity contribution in [2.45, 2.75) is 20.5 Å². The highest BCUT2D eigenvalue weighted by molar-refractivity contribution is 6.32. The third-order valence-corrected chi connectivity index (χ3v) is 4.08. The number of aryl methyl sites for hydroxylation is 2. The van der Waals surface area contributed by atoms with Crippen LogP contribution < -0.4 is 4.74 Å². The van der Waals surface area contributed by atoms with Gasteiger partial charge < -0.3 is 9.47 Å². The van der Waals surface area contributed by atoms with Crippen LogP contribution >= 0.6 is 11.6 Å². The Hall–Kier alpha value is -2.77. The van der Waals surface area contributed by atoms with Gasteiger partial charge in [0.2, 0.25) is 0 Å². The lowest BCUT2D eigenvalue weighted by Crippen LogP contribution is -2.04. The quantitative estimate of drug-likeness (QED) is 0.446. The molecule has 0 heterocycles. The SMILES string of the molecule is COC(=O)C(C#N)=Cc1cc(COc2ccccc2Cl)c(C)cc1C. The maximum Gasteiger partial charge on any atom is 0.348 e. The van der Waals surface area contributed by atoms with Gasteiger partial charge in [-0.3, -0.25) is 0 Å². The minimum absolute atomic E-state index is 0.0487. The molecule has 0 N–H and O–H groups in total. The topological polar surface area (TPSA) is 59.3 Å². The molecule has 2 aromatic rings. The van der Waals surface area contributed by atoms with Crippen LogP contribution in [0.3, 0.4) is 0 Å². The molecule has 25 heavy (non-hydrogen) atoms. The van der Waals surface area contributed by atoms with Gasteiger partial charge >= 0.3 is 5.97 Å². The number of carbonyl (C=O) groups is 1. The normalized spacial score (nSPS) is 10.9. The third kappa shape index (κ3) is 4.62. The molecule has 0 saturated carbocycles. The average Bonchev–Trinajstić information content (AvgIpc) is 2.60. The van der Waals surface area contributed by atoms with Crippen molar-refractivity contribution in [2.75, 3.05) is 7.11 Å². The maximum atomic E-state index is 11.6. The molecule has 5 heteroatoms. The van der Waals surface area contributed by atoms with Crippen LogP contribution in [0.25, 0.3) is 6.08 Å². The van der Waals surface area contributed by atoms with Crippen molar-refractivity contribution in [1.29, 1.82) is 5.26 Å². The van der Waals surface area contributed by atoms with Crippen LogP contribution in [-0.4, -0.2) is 13.1 Å². The molecule has 128 valence electrons. The van der Waals surface area contributed by atoms with Crippen molar-refractivity contribution in [2.24, 2.45) is 0 Å². The lowest BCUT2D eigenvalue weighted by molar-refractivity contribution is -0.135. The molecular weight excluding hydrogens is 338 g/mol. The largest absolute Gasteiger partial charge is 0.487 e. The monoisotopic (exact) mass is 355 g/mol. The second-order valence-electron chi connectivity index (χ2n) is 5.52. The summed E-state index contributed by atoms with van der Waals surface area (Å²) in [6.45, 7) is 4.23. The molecule has 2 rings (SSSR count). The number of methoxy groups -OCH3 is 1. The maximum absolute atomic E-state index is 11.6. The number of rotatable bonds is 5. The second-order valence-corrected chi connectivity index (χ2v) is 5.92. The number of ether oxygens (including phenoxy) is 2. The highest BCUT2D eigenvalue weighted by Gasteiger charge is 2.11. The average molecular weight is 356 g/mol. The van der Waals surface area contributed by atoms with E-state index in [9.17, 15) is 4.79 Å². The van der Waals surface area contributed by atoms with E-state index < -0.39 is 5.97 Å². The van der Waals surface area contributed by atoms with E-state index in [0.29, 0.717) is 17.4 Å². The van der Waals surface area contributed by atoms with Crippen molar-refractivity contribution in [3.05, 3.63) is 69.2 Å². The summed E-state index contributed by atoms with van der Waals surface area (Å²) in [6, 6.07) is 13.0. The van der Waals surface area contributed by atoms with Crippen molar-refractivity contribution in [3.8, 4) is 11.8 Å². The Labute approximate surface area is 152 Å². The Balaban J connectivity index is 2.32. The number of halogens is 1. The van der Waals surface area contributed by atoms with Crippen molar-refractivity contribution < 1.29 is 14.3 Å². The number of nitriles is 1. The number of nitrogens with zero attached hydrogens (tertiary/aromatic N) is 1. The minimum Gasteiger partial charge on any atom is -0.487 e. The molecule has 0 spiro atoms. The predicted octanol–water partition coefficient (Wildman–Crippen LogP) is 4.62. The standard InChI is InChI=1S/C20H18ClNO3/c1-13-8-14(2)17(12-25-19-7-5-4-6-18(19)21)10-15(13)9-16(11-22)20(23)24-3/h4-10H,12H2,1-3H3. The van der Waals surface area contributed by atoms with Gasteiger partial charge in [0.15, 0.2) is 0 Å². The summed E-state index contributed by atoms with van der Waals surface area (Å²) in [7, 11) is 1.25. The van der Waals surface area contributed by atoms with E-state index in [1.165, 1.54) is 13.2 Å². The van der Waals surface area contributed by atoms with Crippen LogP contribution in [0, 0.1) is 25.2 Å². The first-order valence-electron chi connectivity index (χ1n) is 7.63. The lowest BCUT2D eigenvalue weighted by Gasteiger charge is -2.13. The number of hydrogen-bond acceptors (Lipinski definition) is 4. The first kappa shape index (κ1) is 18.6. The van der Waals surface area contributed by atoms with Gasteiger partial charge in [0.25, 0.3) is 0 Å². The third-order valence-electron chi connectivity index (χ3n) is 3.77. The highest BCUT2D eigenvalue weighted by atomic mass is 35.5. The highest BCUT2D eigenvalue weighted by Crippen LogP contribution is 2.26. The Morgan fingerprint density at radius 2 is 1.96 bits per heavy atom. The molecule has 0 bridgehead atoms. The molecule has 0 amide bonds. The van der Waals surface area contributed by atoms with Crippen molar-refractivity contribution in [3.63, 3.8) is 0 Å². The zero-order valence-electron chi connectivity index (χ0n) is 14.3. The van der Waals surface area contributed by atoms with Crippen LogP contribution in [0.1, 0.15) is 22.3 Å². The zero-order chi connectivity index (χ0) is 18.4. The smallest absolute Gasteiger partial charge is 0.348 e.